The van der Waals surface area contributed by atoms with Gasteiger partial charge in [0.15, 0.2) is 6.29 Å². The van der Waals surface area contributed by atoms with Gasteiger partial charge in [0.25, 0.3) is 0 Å². The number of aliphatic hydroxyl groups is 2. The zero-order chi connectivity index (χ0) is 18.8. The van der Waals surface area contributed by atoms with Gasteiger partial charge < -0.3 is 42.6 Å². The molecule has 2 aliphatic rings. The molecule has 9 atom stereocenters. The lowest BCUT2D eigenvalue weighted by molar-refractivity contribution is -0.256. The molecule has 26 heavy (non-hydrogen) atoms. The van der Waals surface area contributed by atoms with Crippen LogP contribution in [0.3, 0.4) is 0 Å². The molecule has 1 aliphatic heterocycles. The van der Waals surface area contributed by atoms with Crippen LogP contribution in [0.25, 0.3) is 0 Å². The molecule has 0 radical (unpaired) electrons. The van der Waals surface area contributed by atoms with Crippen LogP contribution in [0.2, 0.25) is 0 Å². The molecule has 1 aliphatic carbocycles. The molecule has 146 valence electrons. The summed E-state index contributed by atoms with van der Waals surface area (Å²) in [6, 6.07) is 7.94. The molecule has 1 aromatic rings. The first-order valence-corrected chi connectivity index (χ1v) is 9.12. The maximum Gasteiger partial charge on any atom is 0.173 e. The molecule has 3 rings (SSSR count). The Labute approximate surface area is 153 Å². The smallest absolute Gasteiger partial charge is 0.173 e. The second-order valence-corrected chi connectivity index (χ2v) is 7.37. The van der Waals surface area contributed by atoms with Gasteiger partial charge in [0.05, 0.1) is 24.3 Å². The summed E-state index contributed by atoms with van der Waals surface area (Å²) >= 11 is 0. The summed E-state index contributed by atoms with van der Waals surface area (Å²) in [5, 5.41) is 20.3. The molecule has 1 heterocycles. The van der Waals surface area contributed by atoms with Crippen molar-refractivity contribution in [2.45, 2.75) is 74.1 Å². The van der Waals surface area contributed by atoms with E-state index in [0.717, 1.165) is 5.56 Å². The molecular weight excluding hydrogens is 336 g/mol. The van der Waals surface area contributed by atoms with E-state index in [1.165, 1.54) is 0 Å². The van der Waals surface area contributed by atoms with Crippen LogP contribution < -0.4 is 22.9 Å². The van der Waals surface area contributed by atoms with E-state index in [1.807, 2.05) is 30.3 Å². The van der Waals surface area contributed by atoms with Gasteiger partial charge in [-0.15, -0.1) is 0 Å². The fourth-order valence-electron chi connectivity index (χ4n) is 3.75. The zero-order valence-corrected chi connectivity index (χ0v) is 14.7. The second kappa shape index (κ2) is 8.28. The number of hydrogen-bond acceptors (Lipinski definition) is 8. The Morgan fingerprint density at radius 3 is 2.35 bits per heavy atom. The molecule has 1 saturated carbocycles. The van der Waals surface area contributed by atoms with Crippen LogP contribution in [0, 0.1) is 0 Å². The predicted molar refractivity (Wildman–Crippen MR) is 96.7 cm³/mol. The fraction of sp³-hybridized carbons (Fsp3) is 0.667. The molecule has 1 saturated heterocycles. The summed E-state index contributed by atoms with van der Waals surface area (Å²) in [4.78, 5) is 0. The maximum absolute atomic E-state index is 10.3. The molecular formula is C18H30N4O4. The summed E-state index contributed by atoms with van der Waals surface area (Å²) < 4.78 is 11.9. The van der Waals surface area contributed by atoms with Crippen molar-refractivity contribution in [1.29, 1.82) is 0 Å². The lowest BCUT2D eigenvalue weighted by Gasteiger charge is -2.44. The van der Waals surface area contributed by atoms with Gasteiger partial charge in [0, 0.05) is 12.1 Å². The quantitative estimate of drug-likeness (QED) is 0.382. The number of nitrogens with two attached hydrogens (primary N) is 4. The van der Waals surface area contributed by atoms with Crippen LogP contribution in [0.4, 0.5) is 0 Å². The number of rotatable bonds is 4. The van der Waals surface area contributed by atoms with E-state index in [2.05, 4.69) is 0 Å². The summed E-state index contributed by atoms with van der Waals surface area (Å²) in [5.74, 6) is 0. The third kappa shape index (κ3) is 4.08. The second-order valence-electron chi connectivity index (χ2n) is 7.37. The third-order valence-corrected chi connectivity index (χ3v) is 5.41. The first kappa shape index (κ1) is 19.7. The lowest BCUT2D eigenvalue weighted by atomic mass is 9.84. The monoisotopic (exact) mass is 366 g/mol. The van der Waals surface area contributed by atoms with Crippen molar-refractivity contribution in [3.05, 3.63) is 35.9 Å². The Morgan fingerprint density at radius 2 is 1.65 bits per heavy atom. The van der Waals surface area contributed by atoms with Crippen molar-refractivity contribution in [1.82, 2.24) is 0 Å². The van der Waals surface area contributed by atoms with Gasteiger partial charge in [-0.3, -0.25) is 0 Å². The molecule has 1 aromatic carbocycles. The molecule has 8 heteroatoms. The molecule has 0 aromatic heterocycles. The van der Waals surface area contributed by atoms with Crippen LogP contribution in [-0.2, 0) is 9.47 Å². The number of ether oxygens (including phenoxy) is 2. The Morgan fingerprint density at radius 1 is 0.962 bits per heavy atom. The molecule has 10 N–H and O–H groups in total. The number of hydrogen-bond donors (Lipinski definition) is 6. The van der Waals surface area contributed by atoms with E-state index >= 15 is 0 Å². The van der Waals surface area contributed by atoms with Crippen LogP contribution in [0.15, 0.2) is 30.3 Å². The maximum atomic E-state index is 10.3. The molecule has 0 amide bonds. The Balaban J connectivity index is 1.67. The van der Waals surface area contributed by atoms with Crippen molar-refractivity contribution in [3.63, 3.8) is 0 Å². The summed E-state index contributed by atoms with van der Waals surface area (Å²) in [7, 11) is 0. The van der Waals surface area contributed by atoms with Crippen molar-refractivity contribution >= 4 is 0 Å². The molecule has 8 nitrogen and oxygen atoms in total. The fourth-order valence-corrected chi connectivity index (χ4v) is 3.75. The van der Waals surface area contributed by atoms with E-state index in [4.69, 9.17) is 32.4 Å². The SMILES string of the molecule is N[C@H](c1ccccc1)C1CC[C@@H](N)[C@@H](O[C@H]2[C@H](O)[C@@H](O)[C@H](N)C[C@@H]2N)O1. The van der Waals surface area contributed by atoms with Crippen molar-refractivity contribution in [3.8, 4) is 0 Å². The van der Waals surface area contributed by atoms with Crippen molar-refractivity contribution < 1.29 is 19.7 Å². The first-order valence-electron chi connectivity index (χ1n) is 9.12. The largest absolute Gasteiger partial charge is 0.389 e. The van der Waals surface area contributed by atoms with Gasteiger partial charge in [0.1, 0.15) is 12.2 Å². The molecule has 1 unspecified atom stereocenters. The molecule has 0 bridgehead atoms. The predicted octanol–water partition coefficient (Wildman–Crippen LogP) is -1.32. The van der Waals surface area contributed by atoms with E-state index in [0.29, 0.717) is 19.3 Å². The summed E-state index contributed by atoms with van der Waals surface area (Å²) in [6.45, 7) is 0. The van der Waals surface area contributed by atoms with Crippen LogP contribution in [0.5, 0.6) is 0 Å². The minimum Gasteiger partial charge on any atom is -0.389 e. The van der Waals surface area contributed by atoms with Gasteiger partial charge >= 0.3 is 0 Å². The van der Waals surface area contributed by atoms with Gasteiger partial charge in [0.2, 0.25) is 0 Å². The van der Waals surface area contributed by atoms with Gasteiger partial charge in [-0.05, 0) is 24.8 Å². The Kier molecular flexibility index (Phi) is 6.26. The number of benzene rings is 1. The average molecular weight is 366 g/mol. The summed E-state index contributed by atoms with van der Waals surface area (Å²) in [6.07, 6.45) is -2.36. The van der Waals surface area contributed by atoms with Crippen LogP contribution >= 0.6 is 0 Å². The normalized spacial score (nSPS) is 42.4. The minimum atomic E-state index is -1.19. The van der Waals surface area contributed by atoms with Crippen molar-refractivity contribution in [2.24, 2.45) is 22.9 Å². The van der Waals surface area contributed by atoms with Crippen LogP contribution in [0.1, 0.15) is 30.9 Å². The van der Waals surface area contributed by atoms with E-state index in [1.54, 1.807) is 0 Å². The Hall–Kier alpha value is -1.10. The van der Waals surface area contributed by atoms with Gasteiger partial charge in [-0.25, -0.2) is 0 Å². The molecule has 0 spiro atoms. The topological polar surface area (TPSA) is 163 Å². The van der Waals surface area contributed by atoms with E-state index in [9.17, 15) is 10.2 Å². The van der Waals surface area contributed by atoms with Crippen LogP contribution in [-0.4, -0.2) is 59.0 Å². The average Bonchev–Trinajstić information content (AvgIpc) is 2.65. The number of aliphatic hydroxyl groups excluding tert-OH is 2. The zero-order valence-electron chi connectivity index (χ0n) is 14.7. The minimum absolute atomic E-state index is 0.258. The van der Waals surface area contributed by atoms with E-state index in [-0.39, 0.29) is 18.2 Å². The third-order valence-electron chi connectivity index (χ3n) is 5.41. The van der Waals surface area contributed by atoms with Crippen molar-refractivity contribution in [2.75, 3.05) is 0 Å². The van der Waals surface area contributed by atoms with Gasteiger partial charge in [-0.2, -0.15) is 0 Å². The highest BCUT2D eigenvalue weighted by molar-refractivity contribution is 5.19. The van der Waals surface area contributed by atoms with E-state index < -0.39 is 36.7 Å². The highest BCUT2D eigenvalue weighted by Gasteiger charge is 2.44. The summed E-state index contributed by atoms with van der Waals surface area (Å²) in [5.41, 5.74) is 25.3. The van der Waals surface area contributed by atoms with Gasteiger partial charge in [-0.1, -0.05) is 30.3 Å². The highest BCUT2D eigenvalue weighted by atomic mass is 16.7. The highest BCUT2D eigenvalue weighted by Crippen LogP contribution is 2.30. The standard InChI is InChI=1S/C18H30N4O4/c19-10-6-7-13(14(22)9-4-2-1-3-5-9)25-18(10)26-17-12(21)8-11(20)15(23)16(17)24/h1-5,10-18,23-24H,6-8,19-22H2/t10-,11-,12+,13?,14-,15+,16-,17-,18-/m1/s1. The Bertz CT molecular complexity index is 578. The lowest BCUT2D eigenvalue weighted by Crippen LogP contribution is -2.64. The molecule has 2 fully saturated rings. The first-order chi connectivity index (χ1) is 12.4.